The molecule has 4 aromatic rings. The highest BCUT2D eigenvalue weighted by Gasteiger charge is 2.40. The van der Waals surface area contributed by atoms with Crippen molar-refractivity contribution in [2.24, 2.45) is 0 Å². The van der Waals surface area contributed by atoms with E-state index in [-0.39, 0.29) is 9.34 Å². The summed E-state index contributed by atoms with van der Waals surface area (Å²) >= 11 is 2.29. The van der Waals surface area contributed by atoms with E-state index in [4.69, 9.17) is 4.42 Å². The Bertz CT molecular complexity index is 1460. The number of carbonyl (C=O) groups is 1. The Labute approximate surface area is 191 Å². The molecule has 1 fully saturated rings. The van der Waals surface area contributed by atoms with Gasteiger partial charge in [-0.3, -0.25) is 4.79 Å². The highest BCUT2D eigenvalue weighted by Crippen LogP contribution is 2.30. The summed E-state index contributed by atoms with van der Waals surface area (Å²) in [5, 5.41) is 7.12. The van der Waals surface area contributed by atoms with Crippen molar-refractivity contribution in [1.82, 2.24) is 9.29 Å². The van der Waals surface area contributed by atoms with Crippen LogP contribution in [0.25, 0.3) is 22.2 Å². The molecule has 11 heteroatoms. The largest absolute Gasteiger partial charge is 0.422 e. The Balaban J connectivity index is 1.37. The maximum Gasteiger partial charge on any atom is 0.345 e. The van der Waals surface area contributed by atoms with Gasteiger partial charge in [0.15, 0.2) is 5.13 Å². The Kier molecular flexibility index (Phi) is 5.41. The second-order valence-electron chi connectivity index (χ2n) is 7.22. The topological polar surface area (TPSA) is 110 Å². The van der Waals surface area contributed by atoms with Gasteiger partial charge >= 0.3 is 5.63 Å². The van der Waals surface area contributed by atoms with E-state index in [0.29, 0.717) is 36.2 Å². The Morgan fingerprint density at radius 2 is 2.03 bits per heavy atom. The van der Waals surface area contributed by atoms with Gasteiger partial charge in [-0.05, 0) is 36.4 Å². The number of sulfonamides is 1. The first-order valence-corrected chi connectivity index (χ1v) is 13.0. The number of para-hydroxylation sites is 1. The van der Waals surface area contributed by atoms with Crippen molar-refractivity contribution in [2.75, 3.05) is 11.9 Å². The number of anilines is 1. The van der Waals surface area contributed by atoms with Gasteiger partial charge in [0.1, 0.15) is 15.8 Å². The molecular weight excluding hydrogens is 470 g/mol. The second kappa shape index (κ2) is 8.24. The number of thiophene rings is 1. The zero-order valence-electron chi connectivity index (χ0n) is 16.6. The van der Waals surface area contributed by atoms with Crippen LogP contribution in [0.5, 0.6) is 0 Å². The molecule has 0 aliphatic carbocycles. The van der Waals surface area contributed by atoms with Gasteiger partial charge in [0, 0.05) is 17.3 Å². The van der Waals surface area contributed by atoms with E-state index in [9.17, 15) is 18.0 Å². The fraction of sp³-hybridized carbons (Fsp3) is 0.190. The SMILES string of the molecule is O=C(Nc1nc(-c2cc3ccccc3oc2=O)cs1)C1CCCN1S(=O)(=O)c1cccs1. The number of amides is 1. The van der Waals surface area contributed by atoms with Gasteiger partial charge in [-0.1, -0.05) is 24.3 Å². The Morgan fingerprint density at radius 1 is 1.19 bits per heavy atom. The zero-order chi connectivity index (χ0) is 22.3. The van der Waals surface area contributed by atoms with Crippen LogP contribution in [-0.4, -0.2) is 36.2 Å². The van der Waals surface area contributed by atoms with E-state index in [1.165, 1.54) is 10.4 Å². The smallest absolute Gasteiger partial charge is 0.345 e. The number of rotatable bonds is 5. The summed E-state index contributed by atoms with van der Waals surface area (Å²) < 4.78 is 32.6. The molecule has 1 atom stereocenters. The minimum atomic E-state index is -3.73. The maximum atomic E-state index is 12.9. The third-order valence-electron chi connectivity index (χ3n) is 5.22. The summed E-state index contributed by atoms with van der Waals surface area (Å²) in [5.41, 5.74) is 0.650. The van der Waals surface area contributed by atoms with Crippen molar-refractivity contribution in [1.29, 1.82) is 0 Å². The number of fused-ring (bicyclic) bond motifs is 1. The molecule has 1 unspecified atom stereocenters. The third-order valence-corrected chi connectivity index (χ3v) is 9.25. The van der Waals surface area contributed by atoms with Crippen molar-refractivity contribution < 1.29 is 17.6 Å². The van der Waals surface area contributed by atoms with Crippen LogP contribution in [-0.2, 0) is 14.8 Å². The molecule has 1 N–H and O–H groups in total. The van der Waals surface area contributed by atoms with E-state index in [1.54, 1.807) is 35.0 Å². The fourth-order valence-corrected chi connectivity index (χ4v) is 7.19. The van der Waals surface area contributed by atoms with Gasteiger partial charge in [-0.2, -0.15) is 4.31 Å². The summed E-state index contributed by atoms with van der Waals surface area (Å²) in [5.74, 6) is -0.436. The number of nitrogens with one attached hydrogen (secondary N) is 1. The van der Waals surface area contributed by atoms with Gasteiger partial charge in [-0.25, -0.2) is 18.2 Å². The van der Waals surface area contributed by atoms with E-state index >= 15 is 0 Å². The molecule has 1 aliphatic rings. The summed E-state index contributed by atoms with van der Waals surface area (Å²) in [6, 6.07) is 11.3. The summed E-state index contributed by atoms with van der Waals surface area (Å²) in [6.07, 6.45) is 1.03. The standard InChI is InChI=1S/C21H17N3O5S3/c25-19(16-6-3-9-24(16)32(27,28)18-8-4-10-30-18)23-21-22-15(12-31-21)14-11-13-5-1-2-7-17(13)29-20(14)26/h1-2,4-5,7-8,10-12,16H,3,6,9H2,(H,22,23,25). The maximum absolute atomic E-state index is 12.9. The fourth-order valence-electron chi connectivity index (χ4n) is 3.70. The summed E-state index contributed by atoms with van der Waals surface area (Å²) in [7, 11) is -3.73. The van der Waals surface area contributed by atoms with Crippen LogP contribution in [0.4, 0.5) is 5.13 Å². The molecule has 0 bridgehead atoms. The first kappa shape index (κ1) is 21.0. The summed E-state index contributed by atoms with van der Waals surface area (Å²) in [6.45, 7) is 0.291. The molecule has 0 radical (unpaired) electrons. The van der Waals surface area contributed by atoms with Crippen LogP contribution in [0.15, 0.2) is 66.6 Å². The summed E-state index contributed by atoms with van der Waals surface area (Å²) in [4.78, 5) is 29.6. The molecule has 4 heterocycles. The number of hydrogen-bond donors (Lipinski definition) is 1. The molecule has 32 heavy (non-hydrogen) atoms. The zero-order valence-corrected chi connectivity index (χ0v) is 19.0. The van der Waals surface area contributed by atoms with Crippen LogP contribution < -0.4 is 10.9 Å². The molecule has 1 saturated heterocycles. The van der Waals surface area contributed by atoms with Crippen molar-refractivity contribution in [3.05, 3.63) is 63.6 Å². The number of benzene rings is 1. The van der Waals surface area contributed by atoms with Gasteiger partial charge in [0.25, 0.3) is 10.0 Å². The normalized spacial score (nSPS) is 17.1. The van der Waals surface area contributed by atoms with Crippen LogP contribution in [0.1, 0.15) is 12.8 Å². The van der Waals surface area contributed by atoms with E-state index in [2.05, 4.69) is 10.3 Å². The number of nitrogens with zero attached hydrogens (tertiary/aromatic N) is 2. The first-order chi connectivity index (χ1) is 15.4. The minimum absolute atomic E-state index is 0.219. The van der Waals surface area contributed by atoms with Crippen LogP contribution in [0.3, 0.4) is 0 Å². The van der Waals surface area contributed by atoms with Gasteiger partial charge in [-0.15, -0.1) is 22.7 Å². The van der Waals surface area contributed by atoms with E-state index in [0.717, 1.165) is 28.1 Å². The molecule has 0 saturated carbocycles. The van der Waals surface area contributed by atoms with Crippen LogP contribution in [0, 0.1) is 0 Å². The molecule has 1 aliphatic heterocycles. The number of aromatic nitrogens is 1. The number of hydrogen-bond acceptors (Lipinski definition) is 8. The molecule has 0 spiro atoms. The van der Waals surface area contributed by atoms with Crippen molar-refractivity contribution in [2.45, 2.75) is 23.1 Å². The molecule has 164 valence electrons. The average molecular weight is 488 g/mol. The monoisotopic (exact) mass is 487 g/mol. The molecule has 1 amide bonds. The van der Waals surface area contributed by atoms with E-state index in [1.807, 2.05) is 12.1 Å². The van der Waals surface area contributed by atoms with Crippen LogP contribution in [0.2, 0.25) is 0 Å². The first-order valence-electron chi connectivity index (χ1n) is 9.78. The predicted molar refractivity (Wildman–Crippen MR) is 123 cm³/mol. The lowest BCUT2D eigenvalue weighted by Gasteiger charge is -2.22. The molecular formula is C21H17N3O5S3. The molecule has 3 aromatic heterocycles. The lowest BCUT2D eigenvalue weighted by Crippen LogP contribution is -2.42. The molecule has 5 rings (SSSR count). The van der Waals surface area contributed by atoms with E-state index < -0.39 is 27.6 Å². The number of thiazole rings is 1. The average Bonchev–Trinajstić information content (AvgIpc) is 3.54. The minimum Gasteiger partial charge on any atom is -0.422 e. The third kappa shape index (κ3) is 3.77. The highest BCUT2D eigenvalue weighted by atomic mass is 32.2. The van der Waals surface area contributed by atoms with Crippen molar-refractivity contribution in [3.8, 4) is 11.3 Å². The van der Waals surface area contributed by atoms with Crippen molar-refractivity contribution >= 4 is 54.7 Å². The van der Waals surface area contributed by atoms with Gasteiger partial charge < -0.3 is 9.73 Å². The van der Waals surface area contributed by atoms with Gasteiger partial charge in [0.2, 0.25) is 5.91 Å². The molecule has 1 aromatic carbocycles. The molecule has 8 nitrogen and oxygen atoms in total. The number of carbonyl (C=O) groups excluding carboxylic acids is 1. The predicted octanol–water partition coefficient (Wildman–Crippen LogP) is 3.77. The van der Waals surface area contributed by atoms with Crippen molar-refractivity contribution in [3.63, 3.8) is 0 Å². The quantitative estimate of drug-likeness (QED) is 0.429. The van der Waals surface area contributed by atoms with Crippen LogP contribution >= 0.6 is 22.7 Å². The highest BCUT2D eigenvalue weighted by molar-refractivity contribution is 7.91. The Hall–Kier alpha value is -2.86. The lowest BCUT2D eigenvalue weighted by molar-refractivity contribution is -0.119. The second-order valence-corrected chi connectivity index (χ2v) is 11.1. The Morgan fingerprint density at radius 3 is 2.84 bits per heavy atom. The van der Waals surface area contributed by atoms with Gasteiger partial charge in [0.05, 0.1) is 11.3 Å². The lowest BCUT2D eigenvalue weighted by atomic mass is 10.1.